The van der Waals surface area contributed by atoms with Crippen LogP contribution in [-0.2, 0) is 7.05 Å². The molecule has 2 rings (SSSR count). The molecule has 2 aromatic rings. The van der Waals surface area contributed by atoms with Gasteiger partial charge in [-0.05, 0) is 18.6 Å². The summed E-state index contributed by atoms with van der Waals surface area (Å²) in [5.74, 6) is 0. The Labute approximate surface area is 91.6 Å². The van der Waals surface area contributed by atoms with E-state index in [1.54, 1.807) is 17.7 Å². The second kappa shape index (κ2) is 3.63. The maximum atomic E-state index is 11.6. The largest absolute Gasteiger partial charge is 0.391 e. The standard InChI is InChI=1S/C9H10N2OS.ClH/c1-5-4-11(2)9(12)6-3-7(10)13-8(5)6;/h3-4H,10H2,1-2H3;1H. The SMILES string of the molecule is Cc1cn(C)c(=O)c2cc(N)sc12.Cl. The monoisotopic (exact) mass is 230 g/mol. The normalized spacial score (nSPS) is 10.1. The van der Waals surface area contributed by atoms with Crippen LogP contribution in [0.4, 0.5) is 5.00 Å². The summed E-state index contributed by atoms with van der Waals surface area (Å²) >= 11 is 1.47. The van der Waals surface area contributed by atoms with E-state index in [4.69, 9.17) is 5.73 Å². The lowest BCUT2D eigenvalue weighted by Crippen LogP contribution is -2.15. The Morgan fingerprint density at radius 2 is 2.14 bits per heavy atom. The smallest absolute Gasteiger partial charge is 0.259 e. The fraction of sp³-hybridized carbons (Fsp3) is 0.222. The van der Waals surface area contributed by atoms with Crippen molar-refractivity contribution < 1.29 is 0 Å². The van der Waals surface area contributed by atoms with Crippen LogP contribution < -0.4 is 11.3 Å². The number of thiophene rings is 1. The van der Waals surface area contributed by atoms with E-state index in [-0.39, 0.29) is 18.0 Å². The Balaban J connectivity index is 0.000000980. The molecule has 0 unspecified atom stereocenters. The minimum Gasteiger partial charge on any atom is -0.391 e. The van der Waals surface area contributed by atoms with Crippen molar-refractivity contribution in [2.75, 3.05) is 5.73 Å². The zero-order valence-electron chi connectivity index (χ0n) is 7.90. The molecular formula is C9H11ClN2OS. The molecule has 0 radical (unpaired) electrons. The van der Waals surface area contributed by atoms with Crippen LogP contribution >= 0.6 is 23.7 Å². The van der Waals surface area contributed by atoms with Gasteiger partial charge in [-0.1, -0.05) is 0 Å². The third-order valence-corrected chi connectivity index (χ3v) is 3.15. The van der Waals surface area contributed by atoms with Crippen molar-refractivity contribution in [3.8, 4) is 0 Å². The molecule has 0 aliphatic heterocycles. The molecule has 0 spiro atoms. The molecule has 3 nitrogen and oxygen atoms in total. The summed E-state index contributed by atoms with van der Waals surface area (Å²) in [5, 5.41) is 1.42. The molecule has 5 heteroatoms. The minimum atomic E-state index is 0. The van der Waals surface area contributed by atoms with Gasteiger partial charge in [0.05, 0.1) is 10.4 Å². The van der Waals surface area contributed by atoms with E-state index < -0.39 is 0 Å². The molecule has 0 bridgehead atoms. The zero-order valence-corrected chi connectivity index (χ0v) is 9.54. The van der Waals surface area contributed by atoms with Crippen molar-refractivity contribution >= 4 is 38.8 Å². The van der Waals surface area contributed by atoms with Crippen LogP contribution in [0, 0.1) is 6.92 Å². The number of aromatic nitrogens is 1. The minimum absolute atomic E-state index is 0. The van der Waals surface area contributed by atoms with Crippen LogP contribution in [0.25, 0.3) is 10.1 Å². The van der Waals surface area contributed by atoms with E-state index in [1.165, 1.54) is 11.3 Å². The van der Waals surface area contributed by atoms with Gasteiger partial charge in [-0.25, -0.2) is 0 Å². The van der Waals surface area contributed by atoms with Crippen LogP contribution in [0.5, 0.6) is 0 Å². The van der Waals surface area contributed by atoms with Crippen molar-refractivity contribution in [3.05, 3.63) is 28.2 Å². The van der Waals surface area contributed by atoms with Gasteiger partial charge in [0.2, 0.25) is 0 Å². The van der Waals surface area contributed by atoms with Gasteiger partial charge in [0.25, 0.3) is 5.56 Å². The van der Waals surface area contributed by atoms with E-state index in [0.717, 1.165) is 15.6 Å². The number of nitrogens with two attached hydrogens (primary N) is 1. The first kappa shape index (κ1) is 11.1. The van der Waals surface area contributed by atoms with E-state index in [2.05, 4.69) is 0 Å². The van der Waals surface area contributed by atoms with E-state index >= 15 is 0 Å². The topological polar surface area (TPSA) is 48.0 Å². The summed E-state index contributed by atoms with van der Waals surface area (Å²) in [6, 6.07) is 1.75. The van der Waals surface area contributed by atoms with Crippen LogP contribution in [0.2, 0.25) is 0 Å². The number of halogens is 1. The molecule has 76 valence electrons. The molecule has 2 aromatic heterocycles. The molecule has 0 aliphatic carbocycles. The maximum absolute atomic E-state index is 11.6. The first-order valence-corrected chi connectivity index (χ1v) is 4.76. The Morgan fingerprint density at radius 3 is 2.79 bits per heavy atom. The molecule has 0 aliphatic rings. The predicted octanol–water partition coefficient (Wildman–Crippen LogP) is 1.91. The number of hydrogen-bond acceptors (Lipinski definition) is 3. The van der Waals surface area contributed by atoms with Gasteiger partial charge in [0, 0.05) is 17.9 Å². The molecule has 0 atom stereocenters. The number of nitrogen functional groups attached to an aromatic ring is 1. The van der Waals surface area contributed by atoms with Gasteiger partial charge in [0.15, 0.2) is 0 Å². The number of nitrogens with zero attached hydrogens (tertiary/aromatic N) is 1. The highest BCUT2D eigenvalue weighted by Gasteiger charge is 2.06. The molecule has 0 fully saturated rings. The van der Waals surface area contributed by atoms with Gasteiger partial charge < -0.3 is 10.3 Å². The van der Waals surface area contributed by atoms with Gasteiger partial charge in [-0.3, -0.25) is 4.79 Å². The van der Waals surface area contributed by atoms with E-state index in [0.29, 0.717) is 5.00 Å². The number of hydrogen-bond donors (Lipinski definition) is 1. The third-order valence-electron chi connectivity index (χ3n) is 2.05. The number of fused-ring (bicyclic) bond motifs is 1. The van der Waals surface area contributed by atoms with Gasteiger partial charge in [-0.15, -0.1) is 23.7 Å². The maximum Gasteiger partial charge on any atom is 0.259 e. The summed E-state index contributed by atoms with van der Waals surface area (Å²) in [7, 11) is 1.75. The molecule has 0 aromatic carbocycles. The van der Waals surface area contributed by atoms with Crippen LogP contribution in [0.15, 0.2) is 17.1 Å². The van der Waals surface area contributed by atoms with Crippen molar-refractivity contribution in [3.63, 3.8) is 0 Å². The third kappa shape index (κ3) is 1.51. The van der Waals surface area contributed by atoms with Crippen molar-refractivity contribution in [2.45, 2.75) is 6.92 Å². The van der Waals surface area contributed by atoms with Crippen molar-refractivity contribution in [1.29, 1.82) is 0 Å². The van der Waals surface area contributed by atoms with Crippen molar-refractivity contribution in [1.82, 2.24) is 4.57 Å². The molecule has 0 saturated carbocycles. The Bertz CT molecular complexity index is 529. The van der Waals surface area contributed by atoms with Crippen LogP contribution in [-0.4, -0.2) is 4.57 Å². The zero-order chi connectivity index (χ0) is 9.59. The highest BCUT2D eigenvalue weighted by atomic mass is 35.5. The lowest BCUT2D eigenvalue weighted by Gasteiger charge is -1.99. The predicted molar refractivity (Wildman–Crippen MR) is 63.5 cm³/mol. The quantitative estimate of drug-likeness (QED) is 0.752. The number of rotatable bonds is 0. The Morgan fingerprint density at radius 1 is 1.50 bits per heavy atom. The number of pyridine rings is 1. The summed E-state index contributed by atoms with van der Waals surface area (Å²) in [6.45, 7) is 1.98. The first-order chi connectivity index (χ1) is 6.09. The molecular weight excluding hydrogens is 220 g/mol. The fourth-order valence-corrected chi connectivity index (χ4v) is 2.34. The second-order valence-corrected chi connectivity index (χ2v) is 4.20. The lowest BCUT2D eigenvalue weighted by atomic mass is 10.2. The second-order valence-electron chi connectivity index (χ2n) is 3.12. The van der Waals surface area contributed by atoms with Crippen molar-refractivity contribution in [2.24, 2.45) is 7.05 Å². The Hall–Kier alpha value is -1.00. The average molecular weight is 231 g/mol. The number of aryl methyl sites for hydroxylation is 2. The van der Waals surface area contributed by atoms with Gasteiger partial charge in [-0.2, -0.15) is 0 Å². The Kier molecular flexibility index (Phi) is 2.87. The number of anilines is 1. The molecule has 14 heavy (non-hydrogen) atoms. The van der Waals surface area contributed by atoms with E-state index in [1.807, 2.05) is 13.1 Å². The summed E-state index contributed by atoms with van der Waals surface area (Å²) in [6.07, 6.45) is 1.83. The molecule has 0 amide bonds. The molecule has 0 saturated heterocycles. The fourth-order valence-electron chi connectivity index (χ4n) is 1.46. The summed E-state index contributed by atoms with van der Waals surface area (Å²) < 4.78 is 2.59. The van der Waals surface area contributed by atoms with E-state index in [9.17, 15) is 4.79 Å². The molecule has 2 heterocycles. The van der Waals surface area contributed by atoms with Crippen LogP contribution in [0.1, 0.15) is 5.56 Å². The highest BCUT2D eigenvalue weighted by molar-refractivity contribution is 7.22. The highest BCUT2D eigenvalue weighted by Crippen LogP contribution is 2.27. The lowest BCUT2D eigenvalue weighted by molar-refractivity contribution is 0.867. The summed E-state index contributed by atoms with van der Waals surface area (Å²) in [4.78, 5) is 11.6. The van der Waals surface area contributed by atoms with Gasteiger partial charge in [0.1, 0.15) is 0 Å². The summed E-state index contributed by atoms with van der Waals surface area (Å²) in [5.41, 5.74) is 6.77. The first-order valence-electron chi connectivity index (χ1n) is 3.95. The molecule has 2 N–H and O–H groups in total. The van der Waals surface area contributed by atoms with Gasteiger partial charge >= 0.3 is 0 Å². The average Bonchev–Trinajstić information content (AvgIpc) is 2.44. The van der Waals surface area contributed by atoms with Crippen LogP contribution in [0.3, 0.4) is 0 Å².